The number of aliphatic hydroxyl groups excluding tert-OH is 1. The van der Waals surface area contributed by atoms with Crippen molar-refractivity contribution < 1.29 is 5.11 Å². The highest BCUT2D eigenvalue weighted by Gasteiger charge is 2.13. The van der Waals surface area contributed by atoms with E-state index in [2.05, 4.69) is 5.10 Å². The lowest BCUT2D eigenvalue weighted by atomic mass is 10.0. The number of hydrogen-bond donors (Lipinski definition) is 1. The average Bonchev–Trinajstić information content (AvgIpc) is 2.73. The van der Waals surface area contributed by atoms with Crippen molar-refractivity contribution in [2.45, 2.75) is 39.3 Å². The molecule has 2 rings (SSSR count). The topological polar surface area (TPSA) is 38.0 Å². The molecular formula is C15H18Cl2N2O. The number of aromatic nitrogens is 2. The number of benzene rings is 1. The molecule has 1 heterocycles. The number of hydrogen-bond acceptors (Lipinski definition) is 2. The Balaban J connectivity index is 2.06. The molecule has 0 saturated heterocycles. The van der Waals surface area contributed by atoms with Gasteiger partial charge in [0.25, 0.3) is 0 Å². The van der Waals surface area contributed by atoms with E-state index < -0.39 is 6.10 Å². The van der Waals surface area contributed by atoms with Gasteiger partial charge in [0.05, 0.1) is 11.8 Å². The molecule has 0 spiro atoms. The maximum atomic E-state index is 10.2. The van der Waals surface area contributed by atoms with Gasteiger partial charge < -0.3 is 5.11 Å². The third-order valence-electron chi connectivity index (χ3n) is 3.20. The van der Waals surface area contributed by atoms with Crippen LogP contribution < -0.4 is 0 Å². The van der Waals surface area contributed by atoms with Crippen LogP contribution in [0.3, 0.4) is 0 Å². The number of aryl methyl sites for hydroxylation is 2. The van der Waals surface area contributed by atoms with Crippen LogP contribution in [0.2, 0.25) is 10.0 Å². The van der Waals surface area contributed by atoms with Gasteiger partial charge in [-0.3, -0.25) is 4.68 Å². The van der Waals surface area contributed by atoms with Crippen LogP contribution in [0.4, 0.5) is 0 Å². The van der Waals surface area contributed by atoms with E-state index >= 15 is 0 Å². The first-order valence-corrected chi connectivity index (χ1v) is 7.40. The van der Waals surface area contributed by atoms with Crippen LogP contribution in [0, 0.1) is 6.92 Å². The molecule has 0 amide bonds. The van der Waals surface area contributed by atoms with Crippen molar-refractivity contribution in [3.8, 4) is 0 Å². The highest BCUT2D eigenvalue weighted by molar-refractivity contribution is 6.35. The molecule has 1 unspecified atom stereocenters. The second-order valence-corrected chi connectivity index (χ2v) is 5.73. The van der Waals surface area contributed by atoms with Gasteiger partial charge in [-0.05, 0) is 37.6 Å². The molecule has 1 aromatic carbocycles. The van der Waals surface area contributed by atoms with E-state index in [0.717, 1.165) is 23.5 Å². The maximum absolute atomic E-state index is 10.2. The van der Waals surface area contributed by atoms with E-state index in [1.54, 1.807) is 12.1 Å². The smallest absolute Gasteiger partial charge is 0.0636 e. The van der Waals surface area contributed by atoms with Crippen molar-refractivity contribution in [3.05, 3.63) is 51.3 Å². The quantitative estimate of drug-likeness (QED) is 0.915. The fourth-order valence-corrected chi connectivity index (χ4v) is 2.78. The van der Waals surface area contributed by atoms with Gasteiger partial charge in [0.15, 0.2) is 0 Å². The lowest BCUT2D eigenvalue weighted by Crippen LogP contribution is -2.17. The molecule has 20 heavy (non-hydrogen) atoms. The second kappa shape index (κ2) is 6.61. The fraction of sp³-hybridized carbons (Fsp3) is 0.400. The van der Waals surface area contributed by atoms with Crippen molar-refractivity contribution in [3.63, 3.8) is 0 Å². The molecule has 0 aliphatic carbocycles. The predicted molar refractivity (Wildman–Crippen MR) is 82.5 cm³/mol. The van der Waals surface area contributed by atoms with E-state index in [-0.39, 0.29) is 0 Å². The Labute approximate surface area is 129 Å². The van der Waals surface area contributed by atoms with E-state index in [1.165, 1.54) is 0 Å². The maximum Gasteiger partial charge on any atom is 0.0636 e. The largest absolute Gasteiger partial charge is 0.392 e. The first kappa shape index (κ1) is 15.4. The van der Waals surface area contributed by atoms with Crippen LogP contribution >= 0.6 is 23.2 Å². The van der Waals surface area contributed by atoms with Gasteiger partial charge >= 0.3 is 0 Å². The Morgan fingerprint density at radius 1 is 1.25 bits per heavy atom. The van der Waals surface area contributed by atoms with Crippen molar-refractivity contribution in [2.75, 3.05) is 0 Å². The molecule has 3 nitrogen and oxygen atoms in total. The molecule has 1 aromatic heterocycles. The SMILES string of the molecule is CCn1nc(C)cc1CC(O)Cc1ccc(Cl)cc1Cl. The Morgan fingerprint density at radius 2 is 2.00 bits per heavy atom. The van der Waals surface area contributed by atoms with Gasteiger partial charge in [0, 0.05) is 35.1 Å². The van der Waals surface area contributed by atoms with Crippen LogP contribution in [0.25, 0.3) is 0 Å². The summed E-state index contributed by atoms with van der Waals surface area (Å²) in [7, 11) is 0. The molecule has 0 fully saturated rings. The van der Waals surface area contributed by atoms with E-state index in [4.69, 9.17) is 23.2 Å². The van der Waals surface area contributed by atoms with Gasteiger partial charge in [-0.15, -0.1) is 0 Å². The number of nitrogens with zero attached hydrogens (tertiary/aromatic N) is 2. The minimum absolute atomic E-state index is 0.491. The highest BCUT2D eigenvalue weighted by atomic mass is 35.5. The summed E-state index contributed by atoms with van der Waals surface area (Å²) >= 11 is 12.0. The molecule has 0 saturated carbocycles. The van der Waals surface area contributed by atoms with E-state index in [1.807, 2.05) is 30.7 Å². The minimum Gasteiger partial charge on any atom is -0.392 e. The monoisotopic (exact) mass is 312 g/mol. The number of rotatable bonds is 5. The molecule has 0 aliphatic rings. The fourth-order valence-electron chi connectivity index (χ4n) is 2.29. The van der Waals surface area contributed by atoms with Gasteiger partial charge in [0.2, 0.25) is 0 Å². The lowest BCUT2D eigenvalue weighted by Gasteiger charge is -2.13. The summed E-state index contributed by atoms with van der Waals surface area (Å²) in [5, 5.41) is 15.8. The third-order valence-corrected chi connectivity index (χ3v) is 3.79. The summed E-state index contributed by atoms with van der Waals surface area (Å²) in [6.45, 7) is 4.80. The van der Waals surface area contributed by atoms with Crippen molar-refractivity contribution >= 4 is 23.2 Å². The van der Waals surface area contributed by atoms with Gasteiger partial charge in [-0.2, -0.15) is 5.10 Å². The number of halogens is 2. The third kappa shape index (κ3) is 3.75. The summed E-state index contributed by atoms with van der Waals surface area (Å²) < 4.78 is 1.92. The average molecular weight is 313 g/mol. The molecule has 108 valence electrons. The summed E-state index contributed by atoms with van der Waals surface area (Å²) in [4.78, 5) is 0. The van der Waals surface area contributed by atoms with Crippen LogP contribution in [-0.2, 0) is 19.4 Å². The molecule has 0 bridgehead atoms. The zero-order valence-electron chi connectivity index (χ0n) is 11.6. The van der Waals surface area contributed by atoms with Gasteiger partial charge in [0.1, 0.15) is 0 Å². The van der Waals surface area contributed by atoms with Crippen molar-refractivity contribution in [1.82, 2.24) is 9.78 Å². The molecule has 1 atom stereocenters. The molecular weight excluding hydrogens is 295 g/mol. The Kier molecular flexibility index (Phi) is 5.08. The summed E-state index contributed by atoms with van der Waals surface area (Å²) in [5.74, 6) is 0. The molecule has 5 heteroatoms. The molecule has 2 aromatic rings. The molecule has 1 N–H and O–H groups in total. The Hall–Kier alpha value is -1.03. The molecule has 0 radical (unpaired) electrons. The first-order chi connectivity index (χ1) is 9.49. The van der Waals surface area contributed by atoms with Crippen molar-refractivity contribution in [2.24, 2.45) is 0 Å². The predicted octanol–water partition coefficient (Wildman–Crippen LogP) is 3.66. The zero-order valence-corrected chi connectivity index (χ0v) is 13.1. The van der Waals surface area contributed by atoms with E-state index in [9.17, 15) is 5.11 Å². The lowest BCUT2D eigenvalue weighted by molar-refractivity contribution is 0.172. The standard InChI is InChI=1S/C15H18Cl2N2O/c1-3-19-13(6-10(2)18-19)9-14(20)7-11-4-5-12(16)8-15(11)17/h4-6,8,14,20H,3,7,9H2,1-2H3. The van der Waals surface area contributed by atoms with Crippen LogP contribution in [-0.4, -0.2) is 21.0 Å². The normalized spacial score (nSPS) is 12.7. The molecule has 0 aliphatic heterocycles. The Bertz CT molecular complexity index is 596. The van der Waals surface area contributed by atoms with Crippen LogP contribution in [0.15, 0.2) is 24.3 Å². The van der Waals surface area contributed by atoms with Gasteiger partial charge in [-0.25, -0.2) is 0 Å². The first-order valence-electron chi connectivity index (χ1n) is 6.65. The van der Waals surface area contributed by atoms with Crippen LogP contribution in [0.5, 0.6) is 0 Å². The van der Waals surface area contributed by atoms with Crippen LogP contribution in [0.1, 0.15) is 23.9 Å². The van der Waals surface area contributed by atoms with Gasteiger partial charge in [-0.1, -0.05) is 29.3 Å². The summed E-state index contributed by atoms with van der Waals surface area (Å²) in [6, 6.07) is 7.36. The van der Waals surface area contributed by atoms with Crippen molar-refractivity contribution in [1.29, 1.82) is 0 Å². The zero-order chi connectivity index (χ0) is 14.7. The Morgan fingerprint density at radius 3 is 2.65 bits per heavy atom. The summed E-state index contributed by atoms with van der Waals surface area (Å²) in [6.07, 6.45) is 0.576. The minimum atomic E-state index is -0.491. The second-order valence-electron chi connectivity index (χ2n) is 4.89. The number of aliphatic hydroxyl groups is 1. The van der Waals surface area contributed by atoms with E-state index in [0.29, 0.717) is 22.9 Å². The summed E-state index contributed by atoms with van der Waals surface area (Å²) in [5.41, 5.74) is 2.92. The highest BCUT2D eigenvalue weighted by Crippen LogP contribution is 2.22.